The molecule has 0 N–H and O–H groups in total. The monoisotopic (exact) mass is 778 g/mol. The van der Waals surface area contributed by atoms with E-state index < -0.39 is 0 Å². The van der Waals surface area contributed by atoms with Crippen LogP contribution in [0.25, 0.3) is 130 Å². The summed E-state index contributed by atoms with van der Waals surface area (Å²) in [5, 5.41) is 14.9. The van der Waals surface area contributed by atoms with Crippen LogP contribution in [0.4, 0.5) is 0 Å². The van der Waals surface area contributed by atoms with Crippen molar-refractivity contribution in [3.63, 3.8) is 0 Å². The summed E-state index contributed by atoms with van der Waals surface area (Å²) in [5.41, 5.74) is 11.8. The third-order valence-electron chi connectivity index (χ3n) is 12.7. The molecule has 0 saturated heterocycles. The summed E-state index contributed by atoms with van der Waals surface area (Å²) in [4.78, 5) is 0. The van der Waals surface area contributed by atoms with E-state index in [0.29, 0.717) is 0 Å². The van der Waals surface area contributed by atoms with E-state index in [2.05, 4.69) is 200 Å². The summed E-state index contributed by atoms with van der Waals surface area (Å²) in [7, 11) is 0. The van der Waals surface area contributed by atoms with Gasteiger partial charge < -0.3 is 4.42 Å². The first-order chi connectivity index (χ1) is 29.8. The third-order valence-corrected chi connectivity index (χ3v) is 13.9. The van der Waals surface area contributed by atoms with Gasteiger partial charge in [-0.25, -0.2) is 0 Å². The number of benzene rings is 11. The van der Waals surface area contributed by atoms with Crippen molar-refractivity contribution >= 4 is 96.5 Å². The lowest BCUT2D eigenvalue weighted by Crippen LogP contribution is -1.91. The molecule has 0 bridgehead atoms. The molecule has 13 aromatic rings. The van der Waals surface area contributed by atoms with Crippen molar-refractivity contribution in [2.75, 3.05) is 0 Å². The first-order valence-corrected chi connectivity index (χ1v) is 21.4. The number of thiophene rings is 1. The minimum atomic E-state index is 0.909. The van der Waals surface area contributed by atoms with Crippen molar-refractivity contribution in [3.05, 3.63) is 206 Å². The maximum absolute atomic E-state index is 6.43. The molecule has 0 aliphatic carbocycles. The Morgan fingerprint density at radius 2 is 0.733 bits per heavy atom. The van der Waals surface area contributed by atoms with Gasteiger partial charge in [0, 0.05) is 36.5 Å². The van der Waals surface area contributed by atoms with Crippen LogP contribution < -0.4 is 0 Å². The second kappa shape index (κ2) is 13.0. The Balaban J connectivity index is 1.09. The fourth-order valence-corrected chi connectivity index (χ4v) is 11.4. The molecule has 278 valence electrons. The highest BCUT2D eigenvalue weighted by Crippen LogP contribution is 2.51. The van der Waals surface area contributed by atoms with E-state index in [-0.39, 0.29) is 0 Å². The van der Waals surface area contributed by atoms with Gasteiger partial charge in [-0.15, -0.1) is 11.3 Å². The molecule has 0 atom stereocenters. The second-order valence-corrected chi connectivity index (χ2v) is 16.9. The van der Waals surface area contributed by atoms with Gasteiger partial charge in [-0.1, -0.05) is 182 Å². The van der Waals surface area contributed by atoms with Crippen LogP contribution in [0.2, 0.25) is 0 Å². The van der Waals surface area contributed by atoms with E-state index >= 15 is 0 Å². The van der Waals surface area contributed by atoms with Crippen molar-refractivity contribution in [1.82, 2.24) is 0 Å². The maximum Gasteiger partial charge on any atom is 0.136 e. The average molecular weight is 779 g/mol. The van der Waals surface area contributed by atoms with Gasteiger partial charge in [0.15, 0.2) is 0 Å². The molecule has 60 heavy (non-hydrogen) atoms. The lowest BCUT2D eigenvalue weighted by Gasteiger charge is -2.19. The van der Waals surface area contributed by atoms with Crippen LogP contribution in [-0.4, -0.2) is 0 Å². The largest absolute Gasteiger partial charge is 0.456 e. The Hall–Kier alpha value is -7.52. The first kappa shape index (κ1) is 33.5. The molecular formula is C58H34OS. The number of hydrogen-bond acceptors (Lipinski definition) is 2. The van der Waals surface area contributed by atoms with Crippen molar-refractivity contribution in [1.29, 1.82) is 0 Å². The first-order valence-electron chi connectivity index (χ1n) is 20.6. The van der Waals surface area contributed by atoms with Crippen molar-refractivity contribution in [2.24, 2.45) is 0 Å². The van der Waals surface area contributed by atoms with Gasteiger partial charge in [-0.05, 0) is 106 Å². The highest BCUT2D eigenvalue weighted by molar-refractivity contribution is 7.26. The fourth-order valence-electron chi connectivity index (χ4n) is 10.2. The molecule has 0 radical (unpaired) electrons. The molecule has 0 unspecified atom stereocenters. The number of para-hydroxylation sites is 1. The number of hydrogen-bond donors (Lipinski definition) is 0. The highest BCUT2D eigenvalue weighted by Gasteiger charge is 2.23. The van der Waals surface area contributed by atoms with Gasteiger partial charge >= 0.3 is 0 Å². The van der Waals surface area contributed by atoms with Crippen LogP contribution >= 0.6 is 11.3 Å². The van der Waals surface area contributed by atoms with E-state index in [0.717, 1.165) is 27.5 Å². The normalized spacial score (nSPS) is 12.0. The lowest BCUT2D eigenvalue weighted by molar-refractivity contribution is 0.669. The molecule has 0 aliphatic heterocycles. The minimum Gasteiger partial charge on any atom is -0.456 e. The van der Waals surface area contributed by atoms with Crippen LogP contribution in [0.1, 0.15) is 0 Å². The van der Waals surface area contributed by atoms with Gasteiger partial charge in [0.25, 0.3) is 0 Å². The lowest BCUT2D eigenvalue weighted by atomic mass is 9.84. The molecular weight excluding hydrogens is 745 g/mol. The number of rotatable bonds is 4. The fraction of sp³-hybridized carbons (Fsp3) is 0. The maximum atomic E-state index is 6.43. The quantitative estimate of drug-likeness (QED) is 0.162. The average Bonchev–Trinajstić information content (AvgIpc) is 3.89. The zero-order chi connectivity index (χ0) is 39.3. The Bertz CT molecular complexity index is 3770. The molecule has 2 heteroatoms. The molecule has 0 saturated carbocycles. The molecule has 13 rings (SSSR count). The SMILES string of the molecule is c1ccc(-c2c3ccccc3c(-c3cccc4c3sc3cccc(-c5c6ccccc6c(-c6ccc7c(c6)oc6ccccc67)c6ccccc56)c34)c3ccccc23)cc1. The summed E-state index contributed by atoms with van der Waals surface area (Å²) in [5.74, 6) is 0. The zero-order valence-electron chi connectivity index (χ0n) is 32.4. The number of fused-ring (bicyclic) bond motifs is 10. The van der Waals surface area contributed by atoms with Gasteiger partial charge in [0.2, 0.25) is 0 Å². The summed E-state index contributed by atoms with van der Waals surface area (Å²) >= 11 is 1.91. The zero-order valence-corrected chi connectivity index (χ0v) is 33.3. The Kier molecular flexibility index (Phi) is 7.24. The van der Waals surface area contributed by atoms with Gasteiger partial charge in [-0.3, -0.25) is 0 Å². The van der Waals surface area contributed by atoms with Gasteiger partial charge in [-0.2, -0.15) is 0 Å². The highest BCUT2D eigenvalue weighted by atomic mass is 32.1. The Morgan fingerprint density at radius 1 is 0.283 bits per heavy atom. The summed E-state index contributed by atoms with van der Waals surface area (Å²) in [6.45, 7) is 0. The van der Waals surface area contributed by atoms with E-state index in [4.69, 9.17) is 4.42 Å². The molecule has 0 fully saturated rings. The number of furan rings is 1. The van der Waals surface area contributed by atoms with Crippen LogP contribution in [0.5, 0.6) is 0 Å². The smallest absolute Gasteiger partial charge is 0.136 e. The van der Waals surface area contributed by atoms with E-state index in [1.165, 1.54) is 102 Å². The molecule has 11 aromatic carbocycles. The van der Waals surface area contributed by atoms with Gasteiger partial charge in [0.05, 0.1) is 0 Å². The van der Waals surface area contributed by atoms with Crippen LogP contribution in [0, 0.1) is 0 Å². The van der Waals surface area contributed by atoms with E-state index in [1.54, 1.807) is 0 Å². The van der Waals surface area contributed by atoms with Crippen LogP contribution in [-0.2, 0) is 0 Å². The van der Waals surface area contributed by atoms with Crippen LogP contribution in [0.3, 0.4) is 0 Å². The molecule has 0 spiro atoms. The minimum absolute atomic E-state index is 0.909. The topological polar surface area (TPSA) is 13.1 Å². The van der Waals surface area contributed by atoms with Crippen molar-refractivity contribution in [2.45, 2.75) is 0 Å². The standard InChI is InChI=1S/C58H34OS/c1-2-16-35(17-3-1)53-39-19-4-10-25-45(39)56(46-26-11-5-20-40(46)53)48-28-14-29-49-57-47(27-15-31-52(57)60-58(48)49)55-43-23-8-6-21-41(43)54(42-22-7-9-24-44(42)55)36-32-33-38-37-18-12-13-30-50(37)59-51(38)34-36/h1-34H. The second-order valence-electron chi connectivity index (χ2n) is 15.8. The molecule has 2 heterocycles. The van der Waals surface area contributed by atoms with E-state index in [9.17, 15) is 0 Å². The third kappa shape index (κ3) is 4.80. The predicted molar refractivity (Wildman–Crippen MR) is 258 cm³/mol. The van der Waals surface area contributed by atoms with Crippen molar-refractivity contribution in [3.8, 4) is 44.5 Å². The Labute approximate surface area is 350 Å². The van der Waals surface area contributed by atoms with Crippen molar-refractivity contribution < 1.29 is 4.42 Å². The summed E-state index contributed by atoms with van der Waals surface area (Å²) < 4.78 is 9.03. The molecule has 1 nitrogen and oxygen atoms in total. The van der Waals surface area contributed by atoms with Gasteiger partial charge in [0.1, 0.15) is 11.2 Å². The van der Waals surface area contributed by atoms with E-state index in [1.807, 2.05) is 17.4 Å². The summed E-state index contributed by atoms with van der Waals surface area (Å²) in [6.07, 6.45) is 0. The molecule has 0 aliphatic rings. The van der Waals surface area contributed by atoms with Crippen LogP contribution in [0.15, 0.2) is 211 Å². The predicted octanol–water partition coefficient (Wildman–Crippen LogP) is 17.2. The molecule has 0 amide bonds. The summed E-state index contributed by atoms with van der Waals surface area (Å²) in [6, 6.07) is 75.6. The Morgan fingerprint density at radius 3 is 1.35 bits per heavy atom. The molecule has 2 aromatic heterocycles.